The molecule has 0 radical (unpaired) electrons. The van der Waals surface area contributed by atoms with Gasteiger partial charge in [-0.05, 0) is 50.6 Å². The van der Waals surface area contributed by atoms with Gasteiger partial charge in [-0.3, -0.25) is 0 Å². The van der Waals surface area contributed by atoms with Crippen molar-refractivity contribution >= 4 is 15.9 Å². The Morgan fingerprint density at radius 3 is 2.62 bits per heavy atom. The Balaban J connectivity index is 1.83. The van der Waals surface area contributed by atoms with Gasteiger partial charge in [0, 0.05) is 23.2 Å². The summed E-state index contributed by atoms with van der Waals surface area (Å²) in [5, 5.41) is 3.46. The van der Waals surface area contributed by atoms with E-state index in [0.29, 0.717) is 12.7 Å². The quantitative estimate of drug-likeness (QED) is 0.582. The number of halogens is 1. The molecule has 3 nitrogen and oxygen atoms in total. The predicted octanol–water partition coefficient (Wildman–Crippen LogP) is 4.93. The summed E-state index contributed by atoms with van der Waals surface area (Å²) in [6, 6.07) is 16.4. The lowest BCUT2D eigenvalue weighted by molar-refractivity contribution is 0.0770. The minimum Gasteiger partial charge on any atom is -0.489 e. The third-order valence-corrected chi connectivity index (χ3v) is 4.02. The fourth-order valence-corrected chi connectivity index (χ4v) is 2.71. The Morgan fingerprint density at radius 2 is 1.88 bits per heavy atom. The van der Waals surface area contributed by atoms with Crippen molar-refractivity contribution in [2.24, 2.45) is 0 Å². The van der Waals surface area contributed by atoms with Crippen molar-refractivity contribution in [2.75, 3.05) is 13.2 Å². The van der Waals surface area contributed by atoms with Crippen LogP contribution in [-0.2, 0) is 17.9 Å². The van der Waals surface area contributed by atoms with Gasteiger partial charge in [0.1, 0.15) is 12.4 Å². The van der Waals surface area contributed by atoms with E-state index < -0.39 is 0 Å². The highest BCUT2D eigenvalue weighted by atomic mass is 79.9. The van der Waals surface area contributed by atoms with Crippen LogP contribution in [0.25, 0.3) is 0 Å². The molecule has 0 aliphatic carbocycles. The maximum atomic E-state index is 6.00. The summed E-state index contributed by atoms with van der Waals surface area (Å²) in [5.74, 6) is 0.924. The maximum absolute atomic E-state index is 6.00. The van der Waals surface area contributed by atoms with Gasteiger partial charge >= 0.3 is 0 Å². The van der Waals surface area contributed by atoms with Crippen molar-refractivity contribution in [3.63, 3.8) is 0 Å². The summed E-state index contributed by atoms with van der Waals surface area (Å²) in [7, 11) is 0. The molecule has 2 aromatic rings. The Labute approximate surface area is 153 Å². The molecule has 0 fully saturated rings. The van der Waals surface area contributed by atoms with Gasteiger partial charge in [0.25, 0.3) is 0 Å². The highest BCUT2D eigenvalue weighted by Gasteiger charge is 2.05. The molecule has 0 unspecified atom stereocenters. The monoisotopic (exact) mass is 391 g/mol. The van der Waals surface area contributed by atoms with Gasteiger partial charge in [0.2, 0.25) is 0 Å². The van der Waals surface area contributed by atoms with Crippen LogP contribution in [0.3, 0.4) is 0 Å². The first-order chi connectivity index (χ1) is 11.6. The molecule has 130 valence electrons. The number of rotatable bonds is 10. The molecule has 0 aliphatic heterocycles. The average molecular weight is 392 g/mol. The summed E-state index contributed by atoms with van der Waals surface area (Å²) >= 11 is 3.54. The maximum Gasteiger partial charge on any atom is 0.124 e. The van der Waals surface area contributed by atoms with Crippen molar-refractivity contribution in [2.45, 2.75) is 39.5 Å². The zero-order valence-electron chi connectivity index (χ0n) is 14.4. The molecule has 0 saturated heterocycles. The molecule has 0 bridgehead atoms. The molecule has 0 amide bonds. The molecule has 0 atom stereocenters. The van der Waals surface area contributed by atoms with Crippen LogP contribution in [0.4, 0.5) is 0 Å². The van der Waals surface area contributed by atoms with Gasteiger partial charge in [-0.1, -0.05) is 46.3 Å². The Kier molecular flexibility index (Phi) is 8.29. The van der Waals surface area contributed by atoms with Gasteiger partial charge in [-0.25, -0.2) is 0 Å². The SMILES string of the molecule is CC(C)OCCCNCc1cc(Br)ccc1OCc1ccccc1. The highest BCUT2D eigenvalue weighted by Crippen LogP contribution is 2.24. The number of hydrogen-bond donors (Lipinski definition) is 1. The lowest BCUT2D eigenvalue weighted by Gasteiger charge is -2.13. The van der Waals surface area contributed by atoms with E-state index in [1.54, 1.807) is 0 Å². The Hall–Kier alpha value is -1.36. The molecule has 2 rings (SSSR count). The van der Waals surface area contributed by atoms with Gasteiger partial charge < -0.3 is 14.8 Å². The van der Waals surface area contributed by atoms with E-state index in [1.807, 2.05) is 30.3 Å². The Morgan fingerprint density at radius 1 is 1.08 bits per heavy atom. The third kappa shape index (κ3) is 7.04. The highest BCUT2D eigenvalue weighted by molar-refractivity contribution is 9.10. The molecule has 0 aliphatic rings. The van der Waals surface area contributed by atoms with Crippen LogP contribution in [0.2, 0.25) is 0 Å². The van der Waals surface area contributed by atoms with Crippen LogP contribution in [0.1, 0.15) is 31.4 Å². The fraction of sp³-hybridized carbons (Fsp3) is 0.400. The zero-order chi connectivity index (χ0) is 17.2. The first kappa shape index (κ1) is 19.0. The standard InChI is InChI=1S/C20H26BrNO2/c1-16(2)23-12-6-11-22-14-18-13-19(21)9-10-20(18)24-15-17-7-4-3-5-8-17/h3-5,7-10,13,16,22H,6,11-12,14-15H2,1-2H3. The van der Waals surface area contributed by atoms with E-state index >= 15 is 0 Å². The molecule has 0 saturated carbocycles. The molecule has 24 heavy (non-hydrogen) atoms. The largest absolute Gasteiger partial charge is 0.489 e. The van der Waals surface area contributed by atoms with Crippen LogP contribution < -0.4 is 10.1 Å². The third-order valence-electron chi connectivity index (χ3n) is 3.52. The number of nitrogens with one attached hydrogen (secondary N) is 1. The van der Waals surface area contributed by atoms with E-state index in [4.69, 9.17) is 9.47 Å². The van der Waals surface area contributed by atoms with Crippen LogP contribution in [-0.4, -0.2) is 19.3 Å². The smallest absolute Gasteiger partial charge is 0.124 e. The summed E-state index contributed by atoms with van der Waals surface area (Å²) in [4.78, 5) is 0. The van der Waals surface area contributed by atoms with E-state index in [-0.39, 0.29) is 0 Å². The van der Waals surface area contributed by atoms with Gasteiger partial charge in [-0.15, -0.1) is 0 Å². The lowest BCUT2D eigenvalue weighted by atomic mass is 10.2. The topological polar surface area (TPSA) is 30.5 Å². The van der Waals surface area contributed by atoms with Crippen LogP contribution in [0, 0.1) is 0 Å². The molecule has 2 aromatic carbocycles. The summed E-state index contributed by atoms with van der Waals surface area (Å²) in [5.41, 5.74) is 2.33. The molecule has 0 aromatic heterocycles. The van der Waals surface area contributed by atoms with Gasteiger partial charge in [0.15, 0.2) is 0 Å². The first-order valence-electron chi connectivity index (χ1n) is 8.42. The summed E-state index contributed by atoms with van der Waals surface area (Å²) in [6.07, 6.45) is 1.31. The molecule has 0 heterocycles. The minimum atomic E-state index is 0.299. The van der Waals surface area contributed by atoms with Gasteiger partial charge in [0.05, 0.1) is 6.10 Å². The number of benzene rings is 2. The molecule has 1 N–H and O–H groups in total. The molecule has 4 heteroatoms. The van der Waals surface area contributed by atoms with E-state index in [2.05, 4.69) is 53.3 Å². The fourth-order valence-electron chi connectivity index (χ4n) is 2.30. The van der Waals surface area contributed by atoms with Gasteiger partial charge in [-0.2, -0.15) is 0 Å². The van der Waals surface area contributed by atoms with Crippen molar-refractivity contribution in [1.29, 1.82) is 0 Å². The summed E-state index contributed by atoms with van der Waals surface area (Å²) in [6.45, 7) is 7.21. The summed E-state index contributed by atoms with van der Waals surface area (Å²) < 4.78 is 12.6. The van der Waals surface area contributed by atoms with Crippen LogP contribution >= 0.6 is 15.9 Å². The van der Waals surface area contributed by atoms with E-state index in [0.717, 1.165) is 41.9 Å². The lowest BCUT2D eigenvalue weighted by Crippen LogP contribution is -2.18. The van der Waals surface area contributed by atoms with Crippen LogP contribution in [0.15, 0.2) is 53.0 Å². The van der Waals surface area contributed by atoms with Crippen molar-refractivity contribution in [3.8, 4) is 5.75 Å². The molecular weight excluding hydrogens is 366 g/mol. The zero-order valence-corrected chi connectivity index (χ0v) is 16.0. The first-order valence-corrected chi connectivity index (χ1v) is 9.22. The van der Waals surface area contributed by atoms with Crippen molar-refractivity contribution in [1.82, 2.24) is 5.32 Å². The normalized spacial score (nSPS) is 11.0. The van der Waals surface area contributed by atoms with E-state index in [1.165, 1.54) is 5.56 Å². The molecular formula is C20H26BrNO2. The number of ether oxygens (including phenoxy) is 2. The van der Waals surface area contributed by atoms with Crippen LogP contribution in [0.5, 0.6) is 5.75 Å². The average Bonchev–Trinajstić information content (AvgIpc) is 2.58. The van der Waals surface area contributed by atoms with E-state index in [9.17, 15) is 0 Å². The van der Waals surface area contributed by atoms with Crippen molar-refractivity contribution < 1.29 is 9.47 Å². The second kappa shape index (κ2) is 10.5. The minimum absolute atomic E-state index is 0.299. The van der Waals surface area contributed by atoms with Crippen molar-refractivity contribution in [3.05, 3.63) is 64.1 Å². The number of hydrogen-bond acceptors (Lipinski definition) is 3. The second-order valence-electron chi connectivity index (χ2n) is 5.98. The Bertz CT molecular complexity index is 602. The predicted molar refractivity (Wildman–Crippen MR) is 102 cm³/mol. The molecule has 0 spiro atoms. The second-order valence-corrected chi connectivity index (χ2v) is 6.89.